The highest BCUT2D eigenvalue weighted by Crippen LogP contribution is 2.27. The van der Waals surface area contributed by atoms with Gasteiger partial charge >= 0.3 is 5.82 Å². The summed E-state index contributed by atoms with van der Waals surface area (Å²) in [5.41, 5.74) is 1.70. The van der Waals surface area contributed by atoms with E-state index in [0.717, 1.165) is 0 Å². The first-order valence-corrected chi connectivity index (χ1v) is 13.1. The summed E-state index contributed by atoms with van der Waals surface area (Å²) >= 11 is 3.17. The Balaban J connectivity index is 1.44. The maximum atomic E-state index is 13.6. The van der Waals surface area contributed by atoms with E-state index in [1.807, 2.05) is 21.0 Å². The van der Waals surface area contributed by atoms with Gasteiger partial charge in [-0.3, -0.25) is 4.79 Å². The molecule has 0 aliphatic heterocycles. The second-order valence-corrected chi connectivity index (χ2v) is 10.6. The Morgan fingerprint density at radius 2 is 2.02 bits per heavy atom. The van der Waals surface area contributed by atoms with Crippen molar-refractivity contribution in [3.8, 4) is 0 Å². The van der Waals surface area contributed by atoms with Gasteiger partial charge in [-0.15, -0.1) is 0 Å². The molecule has 12 nitrogen and oxygen atoms in total. The lowest BCUT2D eigenvalue weighted by atomic mass is 10.2. The summed E-state index contributed by atoms with van der Waals surface area (Å²) in [6, 6.07) is 6.15. The van der Waals surface area contributed by atoms with Gasteiger partial charge in [-0.25, -0.2) is 19.3 Å². The van der Waals surface area contributed by atoms with Gasteiger partial charge in [0, 0.05) is 30.6 Å². The fourth-order valence-electron chi connectivity index (χ4n) is 4.13. The minimum Gasteiger partial charge on any atom is -0.358 e. The highest BCUT2D eigenvalue weighted by molar-refractivity contribution is 9.10. The number of pyridine rings is 1. The summed E-state index contributed by atoms with van der Waals surface area (Å²) in [4.78, 5) is 40.6. The number of rotatable bonds is 10. The molecule has 4 rings (SSSR count). The zero-order valence-corrected chi connectivity index (χ0v) is 23.9. The molecule has 208 valence electrons. The zero-order valence-electron chi connectivity index (χ0n) is 22.4. The van der Waals surface area contributed by atoms with Crippen molar-refractivity contribution in [3.05, 3.63) is 80.9 Å². The number of nitrogens with one attached hydrogen (secondary N) is 2. The lowest BCUT2D eigenvalue weighted by Gasteiger charge is -2.28. The van der Waals surface area contributed by atoms with E-state index in [9.17, 15) is 19.3 Å². The van der Waals surface area contributed by atoms with E-state index in [1.165, 1.54) is 24.7 Å². The zero-order chi connectivity index (χ0) is 29.0. The Labute approximate surface area is 237 Å². The molecule has 0 aliphatic rings. The van der Waals surface area contributed by atoms with Crippen LogP contribution in [0.3, 0.4) is 0 Å². The van der Waals surface area contributed by atoms with E-state index in [2.05, 4.69) is 46.5 Å². The fraction of sp³-hybridized carbons (Fsp3) is 0.269. The molecule has 1 aromatic carbocycles. The molecule has 2 N–H and O–H groups in total. The monoisotopic (exact) mass is 612 g/mol. The molecule has 40 heavy (non-hydrogen) atoms. The summed E-state index contributed by atoms with van der Waals surface area (Å²) < 4.78 is 16.1. The number of nitro groups is 1. The van der Waals surface area contributed by atoms with Crippen LogP contribution >= 0.6 is 15.9 Å². The number of hydrogen-bond acceptors (Lipinski definition) is 8. The summed E-state index contributed by atoms with van der Waals surface area (Å²) in [6.07, 6.45) is 6.60. The first-order chi connectivity index (χ1) is 19.0. The standard InChI is InChI=1S/C26H27BrFN9O3/c1-5-23-34-26(36(39)40)21(35(23)2)14-37(3,4)10-6-7-24(38)33-22-12-17-20(13-29-22)30-15-31-25(17)32-16-8-9-19(28)18(27)11-16/h6-9,11-13,15H,5,10,14H2,1-4H3,(H-,29,30,31,32,33,38)/p+1. The van der Waals surface area contributed by atoms with Crippen LogP contribution in [0.25, 0.3) is 10.9 Å². The van der Waals surface area contributed by atoms with Crippen LogP contribution in [0.2, 0.25) is 0 Å². The Bertz CT molecular complexity index is 1620. The van der Waals surface area contributed by atoms with Crippen molar-refractivity contribution < 1.29 is 18.6 Å². The van der Waals surface area contributed by atoms with Gasteiger partial charge in [0.1, 0.15) is 30.3 Å². The van der Waals surface area contributed by atoms with E-state index in [4.69, 9.17) is 0 Å². The molecule has 14 heteroatoms. The summed E-state index contributed by atoms with van der Waals surface area (Å²) in [5, 5.41) is 18.0. The molecule has 0 spiro atoms. The van der Waals surface area contributed by atoms with Crippen LogP contribution in [0.15, 0.2) is 53.4 Å². The number of imidazole rings is 1. The van der Waals surface area contributed by atoms with Crippen molar-refractivity contribution in [2.24, 2.45) is 7.05 Å². The van der Waals surface area contributed by atoms with Crippen molar-refractivity contribution in [2.75, 3.05) is 31.3 Å². The maximum Gasteiger partial charge on any atom is 0.391 e. The van der Waals surface area contributed by atoms with E-state index >= 15 is 0 Å². The first kappa shape index (κ1) is 28.7. The molecule has 0 saturated heterocycles. The maximum absolute atomic E-state index is 13.6. The van der Waals surface area contributed by atoms with Gasteiger partial charge in [0.25, 0.3) is 0 Å². The molecule has 4 aromatic rings. The largest absolute Gasteiger partial charge is 0.391 e. The Hall–Kier alpha value is -4.30. The SMILES string of the molecule is CCc1nc([N+](=O)[O-])c(C[N+](C)(C)CC=CC(=O)Nc2cc3c(Nc4ccc(F)c(Br)c4)ncnc3cn2)n1C. The first-order valence-electron chi connectivity index (χ1n) is 12.3. The summed E-state index contributed by atoms with van der Waals surface area (Å²) in [5.74, 6) is 0.499. The number of anilines is 3. The highest BCUT2D eigenvalue weighted by Gasteiger charge is 2.30. The van der Waals surface area contributed by atoms with Crippen molar-refractivity contribution in [1.82, 2.24) is 24.5 Å². The number of carbonyl (C=O) groups excluding carboxylic acids is 1. The van der Waals surface area contributed by atoms with Gasteiger partial charge in [0.05, 0.1) is 36.8 Å². The fourth-order valence-corrected chi connectivity index (χ4v) is 4.51. The molecule has 1 amide bonds. The topological polar surface area (TPSA) is 141 Å². The van der Waals surface area contributed by atoms with E-state index in [-0.39, 0.29) is 17.5 Å². The number of benzene rings is 1. The van der Waals surface area contributed by atoms with Crippen LogP contribution in [0, 0.1) is 15.9 Å². The van der Waals surface area contributed by atoms with Gasteiger partial charge < -0.3 is 29.8 Å². The van der Waals surface area contributed by atoms with Crippen LogP contribution < -0.4 is 10.6 Å². The molecule has 0 saturated carbocycles. The van der Waals surface area contributed by atoms with Gasteiger partial charge in [0.2, 0.25) is 11.7 Å². The number of aromatic nitrogens is 5. The number of quaternary nitrogens is 1. The molecular weight excluding hydrogens is 585 g/mol. The number of likely N-dealkylation sites (N-methyl/N-ethyl adjacent to an activating group) is 1. The van der Waals surface area contributed by atoms with Gasteiger partial charge in [-0.05, 0) is 56.2 Å². The molecule has 3 heterocycles. The molecule has 3 aromatic heterocycles. The van der Waals surface area contributed by atoms with E-state index in [0.29, 0.717) is 68.2 Å². The second-order valence-electron chi connectivity index (χ2n) is 9.70. The average Bonchev–Trinajstić information content (AvgIpc) is 3.21. The number of carbonyl (C=O) groups is 1. The van der Waals surface area contributed by atoms with Crippen LogP contribution in [0.1, 0.15) is 18.4 Å². The third-order valence-electron chi connectivity index (χ3n) is 6.18. The lowest BCUT2D eigenvalue weighted by Crippen LogP contribution is -2.39. The minimum atomic E-state index is -0.459. The molecule has 0 aliphatic carbocycles. The van der Waals surface area contributed by atoms with Gasteiger partial charge in [-0.2, -0.15) is 0 Å². The molecule has 0 unspecified atom stereocenters. The van der Waals surface area contributed by atoms with Crippen molar-refractivity contribution in [3.63, 3.8) is 0 Å². The van der Waals surface area contributed by atoms with Crippen LogP contribution in [0.5, 0.6) is 0 Å². The predicted molar refractivity (Wildman–Crippen MR) is 152 cm³/mol. The number of hydrogen-bond donors (Lipinski definition) is 2. The molecule has 0 bridgehead atoms. The minimum absolute atomic E-state index is 0.139. The molecular formula is C26H28BrFN9O3+. The second kappa shape index (κ2) is 11.8. The third kappa shape index (κ3) is 6.63. The van der Waals surface area contributed by atoms with Crippen LogP contribution in [0.4, 0.5) is 27.5 Å². The smallest absolute Gasteiger partial charge is 0.358 e. The van der Waals surface area contributed by atoms with Crippen molar-refractivity contribution in [2.45, 2.75) is 19.9 Å². The summed E-state index contributed by atoms with van der Waals surface area (Å²) in [6.45, 7) is 2.70. The lowest BCUT2D eigenvalue weighted by molar-refractivity contribution is -0.898. The van der Waals surface area contributed by atoms with Crippen molar-refractivity contribution >= 4 is 55.9 Å². The third-order valence-corrected chi connectivity index (χ3v) is 6.78. The van der Waals surface area contributed by atoms with Gasteiger partial charge in [-0.1, -0.05) is 6.92 Å². The number of aryl methyl sites for hydroxylation is 1. The normalized spacial score (nSPS) is 11.8. The van der Waals surface area contributed by atoms with Gasteiger partial charge in [0.15, 0.2) is 5.69 Å². The number of fused-ring (bicyclic) bond motifs is 1. The van der Waals surface area contributed by atoms with E-state index in [1.54, 1.807) is 35.9 Å². The average molecular weight is 613 g/mol. The van der Waals surface area contributed by atoms with Crippen LogP contribution in [-0.2, 0) is 24.8 Å². The van der Waals surface area contributed by atoms with Crippen LogP contribution in [-0.4, -0.2) is 60.5 Å². The highest BCUT2D eigenvalue weighted by atomic mass is 79.9. The number of amides is 1. The quantitative estimate of drug-likeness (QED) is 0.114. The predicted octanol–water partition coefficient (Wildman–Crippen LogP) is 4.65. The molecule has 0 atom stereocenters. The Kier molecular flexibility index (Phi) is 8.49. The van der Waals surface area contributed by atoms with Crippen molar-refractivity contribution in [1.29, 1.82) is 0 Å². The van der Waals surface area contributed by atoms with E-state index < -0.39 is 4.92 Å². The Morgan fingerprint density at radius 1 is 1.25 bits per heavy atom. The summed E-state index contributed by atoms with van der Waals surface area (Å²) in [7, 11) is 5.62. The number of nitrogens with zero attached hydrogens (tertiary/aromatic N) is 7. The Morgan fingerprint density at radius 3 is 2.73 bits per heavy atom. The number of halogens is 2. The molecule has 0 fully saturated rings. The molecule has 0 radical (unpaired) electrons.